The van der Waals surface area contributed by atoms with Crippen molar-refractivity contribution in [2.75, 3.05) is 12.2 Å². The summed E-state index contributed by atoms with van der Waals surface area (Å²) in [6.07, 6.45) is 0.207. The molecule has 3 aromatic carbocycles. The second-order valence-corrected chi connectivity index (χ2v) is 6.91. The molecule has 2 N–H and O–H groups in total. The lowest BCUT2D eigenvalue weighted by Gasteiger charge is -2.20. The summed E-state index contributed by atoms with van der Waals surface area (Å²) in [4.78, 5) is 25.9. The Bertz CT molecular complexity index is 1060. The number of aryl methyl sites for hydroxylation is 1. The highest BCUT2D eigenvalue weighted by Crippen LogP contribution is 2.26. The van der Waals surface area contributed by atoms with Crippen LogP contribution in [0.4, 0.5) is 14.5 Å². The maximum Gasteiger partial charge on any atom is 0.252 e. The third kappa shape index (κ3) is 5.88. The van der Waals surface area contributed by atoms with Gasteiger partial charge in [0.15, 0.2) is 0 Å². The molecule has 0 aliphatic carbocycles. The predicted octanol–water partition coefficient (Wildman–Crippen LogP) is 4.42. The van der Waals surface area contributed by atoms with Crippen LogP contribution in [0.25, 0.3) is 0 Å². The van der Waals surface area contributed by atoms with Crippen molar-refractivity contribution >= 4 is 17.5 Å². The molecule has 0 bridgehead atoms. The van der Waals surface area contributed by atoms with Crippen molar-refractivity contribution in [1.29, 1.82) is 0 Å². The summed E-state index contributed by atoms with van der Waals surface area (Å²) in [6.45, 7) is 0.667. The van der Waals surface area contributed by atoms with Gasteiger partial charge < -0.3 is 15.4 Å². The second kappa shape index (κ2) is 10.3. The fraction of sp³-hybridized carbons (Fsp3) is 0.167. The maximum atomic E-state index is 13.7. The van der Waals surface area contributed by atoms with Crippen LogP contribution in [0.2, 0.25) is 0 Å². The molecule has 0 aliphatic heterocycles. The molecule has 0 heterocycles. The molecular formula is C24H22F2N2O3. The molecule has 2 amide bonds. The summed E-state index contributed by atoms with van der Waals surface area (Å²) in [7, 11) is 0. The summed E-state index contributed by atoms with van der Waals surface area (Å²) >= 11 is 0. The normalized spacial score (nSPS) is 11.5. The fourth-order valence-electron chi connectivity index (χ4n) is 3.13. The first-order chi connectivity index (χ1) is 15.0. The van der Waals surface area contributed by atoms with Crippen LogP contribution >= 0.6 is 0 Å². The van der Waals surface area contributed by atoms with Gasteiger partial charge in [-0.2, -0.15) is 0 Å². The van der Waals surface area contributed by atoms with Gasteiger partial charge in [-0.1, -0.05) is 48.5 Å². The predicted molar refractivity (Wildman–Crippen MR) is 114 cm³/mol. The molecule has 7 heteroatoms. The minimum absolute atomic E-state index is 0.0130. The Balaban J connectivity index is 1.85. The minimum Gasteiger partial charge on any atom is -0.461 e. The van der Waals surface area contributed by atoms with E-state index in [2.05, 4.69) is 10.6 Å². The molecule has 1 unspecified atom stereocenters. The number of rotatable bonds is 8. The summed E-state index contributed by atoms with van der Waals surface area (Å²) in [6, 6.07) is 18.6. The van der Waals surface area contributed by atoms with Crippen LogP contribution in [0.3, 0.4) is 0 Å². The van der Waals surface area contributed by atoms with Crippen LogP contribution < -0.4 is 15.4 Å². The van der Waals surface area contributed by atoms with Gasteiger partial charge in [-0.15, -0.1) is 0 Å². The molecule has 0 aromatic heterocycles. The van der Waals surface area contributed by atoms with E-state index in [1.54, 1.807) is 25.1 Å². The quantitative estimate of drug-likeness (QED) is 0.563. The molecule has 0 saturated heterocycles. The van der Waals surface area contributed by atoms with Crippen LogP contribution in [-0.4, -0.2) is 24.7 Å². The van der Waals surface area contributed by atoms with Gasteiger partial charge in [-0.05, 0) is 36.2 Å². The molecule has 0 fully saturated rings. The highest BCUT2D eigenvalue weighted by atomic mass is 19.1. The van der Waals surface area contributed by atoms with Crippen molar-refractivity contribution in [1.82, 2.24) is 5.32 Å². The Hall–Kier alpha value is -3.74. The van der Waals surface area contributed by atoms with E-state index in [0.717, 1.165) is 23.3 Å². The molecule has 1 atom stereocenters. The molecular weight excluding hydrogens is 402 g/mol. The Morgan fingerprint density at radius 1 is 1.00 bits per heavy atom. The monoisotopic (exact) mass is 424 g/mol. The van der Waals surface area contributed by atoms with Gasteiger partial charge in [0.05, 0.1) is 5.69 Å². The molecule has 3 aromatic rings. The second-order valence-electron chi connectivity index (χ2n) is 6.91. The Morgan fingerprint density at radius 3 is 2.42 bits per heavy atom. The number of anilines is 1. The van der Waals surface area contributed by atoms with Crippen LogP contribution in [-0.2, 0) is 11.2 Å². The van der Waals surface area contributed by atoms with Crippen molar-refractivity contribution in [2.24, 2.45) is 0 Å². The SMILES string of the molecule is Cc1ccccc1C(=O)NC(Cc1ccccc1)C(=O)Nc1cc(F)ccc1OCF. The van der Waals surface area contributed by atoms with Crippen molar-refractivity contribution in [3.8, 4) is 5.75 Å². The summed E-state index contributed by atoms with van der Waals surface area (Å²) in [5.74, 6) is -1.63. The van der Waals surface area contributed by atoms with E-state index < -0.39 is 30.5 Å². The molecule has 0 saturated carbocycles. The Kier molecular flexibility index (Phi) is 7.32. The average Bonchev–Trinajstić information content (AvgIpc) is 2.76. The minimum atomic E-state index is -1.13. The topological polar surface area (TPSA) is 67.4 Å². The highest BCUT2D eigenvalue weighted by Gasteiger charge is 2.24. The molecule has 0 aliphatic rings. The number of amides is 2. The van der Waals surface area contributed by atoms with Crippen molar-refractivity contribution in [2.45, 2.75) is 19.4 Å². The number of ether oxygens (including phenoxy) is 1. The first-order valence-electron chi connectivity index (χ1n) is 9.67. The van der Waals surface area contributed by atoms with Crippen molar-refractivity contribution < 1.29 is 23.1 Å². The first-order valence-corrected chi connectivity index (χ1v) is 9.67. The van der Waals surface area contributed by atoms with E-state index >= 15 is 0 Å². The zero-order chi connectivity index (χ0) is 22.2. The van der Waals surface area contributed by atoms with Gasteiger partial charge in [-0.3, -0.25) is 9.59 Å². The molecule has 0 spiro atoms. The number of carbonyl (C=O) groups is 2. The summed E-state index contributed by atoms with van der Waals surface area (Å²) < 4.78 is 31.2. The molecule has 160 valence electrons. The number of alkyl halides is 1. The Morgan fingerprint density at radius 2 is 1.71 bits per heavy atom. The van der Waals surface area contributed by atoms with E-state index in [1.807, 2.05) is 36.4 Å². The Labute approximate surface area is 179 Å². The maximum absolute atomic E-state index is 13.7. The number of benzene rings is 3. The zero-order valence-corrected chi connectivity index (χ0v) is 16.9. The third-order valence-corrected chi connectivity index (χ3v) is 4.70. The van der Waals surface area contributed by atoms with Gasteiger partial charge >= 0.3 is 0 Å². The highest BCUT2D eigenvalue weighted by molar-refractivity contribution is 6.02. The lowest BCUT2D eigenvalue weighted by Crippen LogP contribution is -2.45. The van der Waals surface area contributed by atoms with E-state index in [4.69, 9.17) is 4.74 Å². The third-order valence-electron chi connectivity index (χ3n) is 4.70. The molecule has 31 heavy (non-hydrogen) atoms. The lowest BCUT2D eigenvalue weighted by atomic mass is 10.0. The zero-order valence-electron chi connectivity index (χ0n) is 16.9. The number of hydrogen-bond donors (Lipinski definition) is 2. The largest absolute Gasteiger partial charge is 0.461 e. The van der Waals surface area contributed by atoms with Crippen LogP contribution in [0.15, 0.2) is 72.8 Å². The first kappa shape index (κ1) is 22.0. The van der Waals surface area contributed by atoms with Crippen molar-refractivity contribution in [3.63, 3.8) is 0 Å². The van der Waals surface area contributed by atoms with E-state index in [9.17, 15) is 18.4 Å². The van der Waals surface area contributed by atoms with Gasteiger partial charge in [0.25, 0.3) is 5.91 Å². The smallest absolute Gasteiger partial charge is 0.252 e. The van der Waals surface area contributed by atoms with E-state index in [1.165, 1.54) is 6.07 Å². The number of nitrogens with one attached hydrogen (secondary N) is 2. The van der Waals surface area contributed by atoms with Crippen LogP contribution in [0.5, 0.6) is 5.75 Å². The van der Waals surface area contributed by atoms with Crippen LogP contribution in [0, 0.1) is 12.7 Å². The number of carbonyl (C=O) groups excluding carboxylic acids is 2. The average molecular weight is 424 g/mol. The van der Waals surface area contributed by atoms with Crippen molar-refractivity contribution in [3.05, 3.63) is 95.3 Å². The van der Waals surface area contributed by atoms with Gasteiger partial charge in [-0.25, -0.2) is 8.78 Å². The van der Waals surface area contributed by atoms with Gasteiger partial charge in [0.2, 0.25) is 12.8 Å². The molecule has 5 nitrogen and oxygen atoms in total. The van der Waals surface area contributed by atoms with Gasteiger partial charge in [0, 0.05) is 18.1 Å². The van der Waals surface area contributed by atoms with E-state index in [0.29, 0.717) is 5.56 Å². The fourth-order valence-corrected chi connectivity index (χ4v) is 3.13. The van der Waals surface area contributed by atoms with Gasteiger partial charge in [0.1, 0.15) is 17.6 Å². The number of hydrogen-bond acceptors (Lipinski definition) is 3. The lowest BCUT2D eigenvalue weighted by molar-refractivity contribution is -0.118. The standard InChI is InChI=1S/C24H22F2N2O3/c1-16-7-5-6-10-19(16)23(29)28-21(13-17-8-3-2-4-9-17)24(30)27-20-14-18(26)11-12-22(20)31-15-25/h2-12,14,21H,13,15H2,1H3,(H,27,30)(H,28,29). The number of halogens is 2. The van der Waals surface area contributed by atoms with E-state index in [-0.39, 0.29) is 17.9 Å². The summed E-state index contributed by atoms with van der Waals surface area (Å²) in [5.41, 5.74) is 2.02. The summed E-state index contributed by atoms with van der Waals surface area (Å²) in [5, 5.41) is 5.29. The van der Waals surface area contributed by atoms with Crippen LogP contribution in [0.1, 0.15) is 21.5 Å². The molecule has 0 radical (unpaired) electrons. The molecule has 3 rings (SSSR count).